The fourth-order valence-corrected chi connectivity index (χ4v) is 2.21. The average Bonchev–Trinajstić information content (AvgIpc) is 2.99. The van der Waals surface area contributed by atoms with Gasteiger partial charge in [-0.2, -0.15) is 0 Å². The fraction of sp³-hybridized carbons (Fsp3) is 0.385. The Hall–Kier alpha value is -1.64. The molecule has 1 fully saturated rings. The van der Waals surface area contributed by atoms with Gasteiger partial charge < -0.3 is 4.57 Å². The zero-order chi connectivity index (χ0) is 11.1. The van der Waals surface area contributed by atoms with Crippen molar-refractivity contribution in [2.24, 2.45) is 0 Å². The Morgan fingerprint density at radius 1 is 1.19 bits per heavy atom. The van der Waals surface area contributed by atoms with Crippen LogP contribution in [0.2, 0.25) is 0 Å². The van der Waals surface area contributed by atoms with Crippen molar-refractivity contribution in [3.8, 4) is 11.4 Å². The van der Waals surface area contributed by atoms with Gasteiger partial charge >= 0.3 is 0 Å². The summed E-state index contributed by atoms with van der Waals surface area (Å²) in [5, 5.41) is 8.34. The van der Waals surface area contributed by atoms with Gasteiger partial charge in [0.05, 0.1) is 0 Å². The second kappa shape index (κ2) is 3.44. The van der Waals surface area contributed by atoms with Gasteiger partial charge in [-0.1, -0.05) is 18.2 Å². The first-order valence-corrected chi connectivity index (χ1v) is 5.73. The predicted molar refractivity (Wildman–Crippen MR) is 63.2 cm³/mol. The van der Waals surface area contributed by atoms with Crippen LogP contribution in [0.3, 0.4) is 0 Å². The van der Waals surface area contributed by atoms with Gasteiger partial charge in [-0.05, 0) is 37.8 Å². The molecular weight excluding hydrogens is 198 g/mol. The lowest BCUT2D eigenvalue weighted by Gasteiger charge is -2.10. The lowest BCUT2D eigenvalue weighted by molar-refractivity contribution is 0.745. The van der Waals surface area contributed by atoms with Crippen LogP contribution in [0.4, 0.5) is 0 Å². The van der Waals surface area contributed by atoms with Crippen molar-refractivity contribution in [3.63, 3.8) is 0 Å². The maximum atomic E-state index is 4.28. The second-order valence-corrected chi connectivity index (χ2v) is 4.56. The number of nitrogens with zero attached hydrogens (tertiary/aromatic N) is 3. The molecule has 0 atom stereocenters. The summed E-state index contributed by atoms with van der Waals surface area (Å²) in [6, 6.07) is 6.98. The van der Waals surface area contributed by atoms with Crippen LogP contribution in [0.25, 0.3) is 11.4 Å². The van der Waals surface area contributed by atoms with E-state index in [4.69, 9.17) is 0 Å². The Morgan fingerprint density at radius 3 is 2.50 bits per heavy atom. The van der Waals surface area contributed by atoms with E-state index in [1.165, 1.54) is 29.5 Å². The van der Waals surface area contributed by atoms with E-state index in [1.807, 2.05) is 6.33 Å². The highest BCUT2D eigenvalue weighted by molar-refractivity contribution is 5.64. The normalized spacial score (nSPS) is 15.4. The van der Waals surface area contributed by atoms with Gasteiger partial charge in [0.2, 0.25) is 0 Å². The lowest BCUT2D eigenvalue weighted by atomic mass is 10.0. The summed E-state index contributed by atoms with van der Waals surface area (Å²) in [5.74, 6) is 1.03. The molecule has 0 N–H and O–H groups in total. The van der Waals surface area contributed by atoms with Crippen molar-refractivity contribution < 1.29 is 0 Å². The quantitative estimate of drug-likeness (QED) is 0.768. The molecule has 0 bridgehead atoms. The van der Waals surface area contributed by atoms with Crippen LogP contribution in [0.5, 0.6) is 0 Å². The van der Waals surface area contributed by atoms with Crippen LogP contribution in [0.1, 0.15) is 30.0 Å². The van der Waals surface area contributed by atoms with Crippen LogP contribution in [0.15, 0.2) is 24.5 Å². The molecule has 0 amide bonds. The van der Waals surface area contributed by atoms with Crippen molar-refractivity contribution in [3.05, 3.63) is 35.7 Å². The van der Waals surface area contributed by atoms with E-state index in [0.717, 1.165) is 5.82 Å². The van der Waals surface area contributed by atoms with Crippen molar-refractivity contribution in [2.45, 2.75) is 32.7 Å². The monoisotopic (exact) mass is 213 g/mol. The van der Waals surface area contributed by atoms with Gasteiger partial charge in [-0.25, -0.2) is 0 Å². The van der Waals surface area contributed by atoms with Crippen molar-refractivity contribution in [1.82, 2.24) is 14.8 Å². The molecule has 1 heterocycles. The van der Waals surface area contributed by atoms with Gasteiger partial charge in [0.15, 0.2) is 5.82 Å². The van der Waals surface area contributed by atoms with E-state index in [-0.39, 0.29) is 0 Å². The SMILES string of the molecule is Cc1cccc(C)c1-c1nncn1C1CC1. The topological polar surface area (TPSA) is 30.7 Å². The molecule has 3 heteroatoms. The summed E-state index contributed by atoms with van der Waals surface area (Å²) in [5.41, 5.74) is 3.79. The highest BCUT2D eigenvalue weighted by Crippen LogP contribution is 2.38. The highest BCUT2D eigenvalue weighted by Gasteiger charge is 2.27. The Balaban J connectivity index is 2.17. The maximum Gasteiger partial charge on any atom is 0.164 e. The van der Waals surface area contributed by atoms with Crippen LogP contribution in [0, 0.1) is 13.8 Å². The number of aryl methyl sites for hydroxylation is 2. The number of hydrogen-bond donors (Lipinski definition) is 0. The van der Waals surface area contributed by atoms with E-state index >= 15 is 0 Å². The Kier molecular flexibility index (Phi) is 2.06. The van der Waals surface area contributed by atoms with Crippen LogP contribution in [-0.2, 0) is 0 Å². The Labute approximate surface area is 95.1 Å². The molecule has 0 aliphatic heterocycles. The van der Waals surface area contributed by atoms with Gasteiger partial charge in [0, 0.05) is 11.6 Å². The molecule has 1 aliphatic rings. The minimum absolute atomic E-state index is 0.629. The maximum absolute atomic E-state index is 4.28. The first-order chi connectivity index (χ1) is 7.77. The predicted octanol–water partition coefficient (Wildman–Crippen LogP) is 2.90. The van der Waals surface area contributed by atoms with Crippen LogP contribution >= 0.6 is 0 Å². The molecule has 2 aromatic rings. The third kappa shape index (κ3) is 1.43. The summed E-state index contributed by atoms with van der Waals surface area (Å²) >= 11 is 0. The number of rotatable bonds is 2. The van der Waals surface area contributed by atoms with E-state index < -0.39 is 0 Å². The first kappa shape index (κ1) is 9.58. The van der Waals surface area contributed by atoms with Crippen molar-refractivity contribution in [1.29, 1.82) is 0 Å². The van der Waals surface area contributed by atoms with Gasteiger partial charge in [-0.3, -0.25) is 0 Å². The van der Waals surface area contributed by atoms with E-state index in [1.54, 1.807) is 0 Å². The smallest absolute Gasteiger partial charge is 0.164 e. The minimum Gasteiger partial charge on any atom is -0.310 e. The molecule has 1 aromatic carbocycles. The molecule has 3 nitrogen and oxygen atoms in total. The Bertz CT molecular complexity index is 503. The molecule has 0 saturated heterocycles. The highest BCUT2D eigenvalue weighted by atomic mass is 15.3. The number of benzene rings is 1. The number of aromatic nitrogens is 3. The van der Waals surface area contributed by atoms with Crippen molar-refractivity contribution >= 4 is 0 Å². The molecule has 82 valence electrons. The van der Waals surface area contributed by atoms with Gasteiger partial charge in [0.1, 0.15) is 6.33 Å². The molecule has 3 rings (SSSR count). The summed E-state index contributed by atoms with van der Waals surface area (Å²) in [6.07, 6.45) is 4.38. The summed E-state index contributed by atoms with van der Waals surface area (Å²) < 4.78 is 2.22. The first-order valence-electron chi connectivity index (χ1n) is 5.73. The lowest BCUT2D eigenvalue weighted by Crippen LogP contribution is -1.99. The molecule has 1 saturated carbocycles. The average molecular weight is 213 g/mol. The van der Waals surface area contributed by atoms with Gasteiger partial charge in [-0.15, -0.1) is 10.2 Å². The zero-order valence-corrected chi connectivity index (χ0v) is 9.64. The third-order valence-corrected chi connectivity index (χ3v) is 3.22. The zero-order valence-electron chi connectivity index (χ0n) is 9.64. The minimum atomic E-state index is 0.629. The van der Waals surface area contributed by atoms with E-state index in [9.17, 15) is 0 Å². The molecule has 1 aliphatic carbocycles. The molecule has 0 radical (unpaired) electrons. The summed E-state index contributed by atoms with van der Waals surface area (Å²) in [4.78, 5) is 0. The van der Waals surface area contributed by atoms with Crippen LogP contribution in [-0.4, -0.2) is 14.8 Å². The second-order valence-electron chi connectivity index (χ2n) is 4.56. The van der Waals surface area contributed by atoms with E-state index in [2.05, 4.69) is 46.8 Å². The largest absolute Gasteiger partial charge is 0.310 e. The van der Waals surface area contributed by atoms with Crippen LogP contribution < -0.4 is 0 Å². The van der Waals surface area contributed by atoms with Gasteiger partial charge in [0.25, 0.3) is 0 Å². The molecule has 0 unspecified atom stereocenters. The summed E-state index contributed by atoms with van der Waals surface area (Å²) in [6.45, 7) is 4.27. The third-order valence-electron chi connectivity index (χ3n) is 3.22. The molecule has 0 spiro atoms. The Morgan fingerprint density at radius 2 is 1.88 bits per heavy atom. The van der Waals surface area contributed by atoms with E-state index in [0.29, 0.717) is 6.04 Å². The number of hydrogen-bond acceptors (Lipinski definition) is 2. The summed E-state index contributed by atoms with van der Waals surface area (Å²) in [7, 11) is 0. The molecule has 1 aromatic heterocycles. The molecular formula is C13H15N3. The molecule has 16 heavy (non-hydrogen) atoms. The standard InChI is InChI=1S/C13H15N3/c1-9-4-3-5-10(2)12(9)13-15-14-8-16(13)11-6-7-11/h3-5,8,11H,6-7H2,1-2H3. The fourth-order valence-electron chi connectivity index (χ4n) is 2.21. The van der Waals surface area contributed by atoms with Crippen molar-refractivity contribution in [2.75, 3.05) is 0 Å².